The predicted molar refractivity (Wildman–Crippen MR) is 158 cm³/mol. The molecule has 0 saturated carbocycles. The van der Waals surface area contributed by atoms with Crippen LogP contribution in [0.2, 0.25) is 10.0 Å². The minimum absolute atomic E-state index is 0.100. The van der Waals surface area contributed by atoms with Crippen molar-refractivity contribution in [3.63, 3.8) is 0 Å². The van der Waals surface area contributed by atoms with Crippen LogP contribution in [0, 0.1) is 45.9 Å². The first-order chi connectivity index (χ1) is 20.2. The van der Waals surface area contributed by atoms with E-state index < -0.39 is 29.0 Å². The van der Waals surface area contributed by atoms with Gasteiger partial charge in [-0.2, -0.15) is 5.26 Å². The Hall–Kier alpha value is -3.65. The monoisotopic (exact) mass is 639 g/mol. The van der Waals surface area contributed by atoms with Crippen molar-refractivity contribution in [2.24, 2.45) is 11.3 Å². The van der Waals surface area contributed by atoms with E-state index in [0.29, 0.717) is 29.3 Å². The molecule has 4 rings (SSSR count). The maximum atomic E-state index is 14.2. The van der Waals surface area contributed by atoms with E-state index in [1.807, 2.05) is 5.32 Å². The van der Waals surface area contributed by atoms with Gasteiger partial charge in [0.25, 0.3) is 0 Å². The number of nitrogens with zero attached hydrogens (tertiary/aromatic N) is 1. The highest BCUT2D eigenvalue weighted by atomic mass is 35.5. The van der Waals surface area contributed by atoms with Crippen LogP contribution in [0.5, 0.6) is 0 Å². The molecule has 1 amide bonds. The second-order valence-electron chi connectivity index (χ2n) is 10.7. The summed E-state index contributed by atoms with van der Waals surface area (Å²) < 4.78 is 56.8. The van der Waals surface area contributed by atoms with Crippen molar-refractivity contribution < 1.29 is 31.9 Å². The number of ether oxygens (including phenoxy) is 1. The van der Waals surface area contributed by atoms with Crippen LogP contribution >= 0.6 is 23.2 Å². The lowest BCUT2D eigenvalue weighted by Crippen LogP contribution is -2.31. The van der Waals surface area contributed by atoms with Gasteiger partial charge in [-0.1, -0.05) is 62.2 Å². The normalized spacial score (nSPS) is 17.4. The van der Waals surface area contributed by atoms with Crippen molar-refractivity contribution in [1.29, 1.82) is 5.26 Å². The molecular weight excluding hydrogens is 609 g/mol. The second kappa shape index (κ2) is 16.3. The van der Waals surface area contributed by atoms with E-state index in [9.17, 15) is 32.4 Å². The van der Waals surface area contributed by atoms with Crippen LogP contribution in [0.15, 0.2) is 54.6 Å². The van der Waals surface area contributed by atoms with E-state index in [4.69, 9.17) is 23.2 Å². The molecule has 230 valence electrons. The molecule has 1 fully saturated rings. The van der Waals surface area contributed by atoms with E-state index in [-0.39, 0.29) is 46.2 Å². The zero-order chi connectivity index (χ0) is 32.3. The first-order valence-corrected chi connectivity index (χ1v) is 13.7. The SMILES string of the molecule is CC(C)(C)CC1NCC(c2cccc(Cl)c2F)C1C#N.COC(=O)c1cc(F)c(NC=O)cc1F.Fc1cccc(Cl)c1. The molecule has 0 aromatic heterocycles. The van der Waals surface area contributed by atoms with Gasteiger partial charge in [-0.25, -0.2) is 22.4 Å². The molecule has 0 aliphatic carbocycles. The van der Waals surface area contributed by atoms with Crippen LogP contribution in [0.4, 0.5) is 23.2 Å². The molecule has 6 nitrogen and oxygen atoms in total. The number of rotatable bonds is 5. The lowest BCUT2D eigenvalue weighted by molar-refractivity contribution is -0.105. The number of nitrogens with one attached hydrogen (secondary N) is 2. The highest BCUT2D eigenvalue weighted by molar-refractivity contribution is 6.31. The molecule has 0 spiro atoms. The molecule has 3 atom stereocenters. The minimum atomic E-state index is -0.982. The van der Waals surface area contributed by atoms with Crippen LogP contribution < -0.4 is 10.6 Å². The Morgan fingerprint density at radius 2 is 1.77 bits per heavy atom. The summed E-state index contributed by atoms with van der Waals surface area (Å²) in [7, 11) is 1.05. The van der Waals surface area contributed by atoms with E-state index >= 15 is 0 Å². The number of nitriles is 1. The van der Waals surface area contributed by atoms with Crippen molar-refractivity contribution >= 4 is 41.3 Å². The fourth-order valence-electron chi connectivity index (χ4n) is 4.41. The summed E-state index contributed by atoms with van der Waals surface area (Å²) in [5.74, 6) is -3.90. The molecule has 2 N–H and O–H groups in total. The molecule has 1 aliphatic heterocycles. The number of halogens is 6. The number of anilines is 1. The van der Waals surface area contributed by atoms with Crippen molar-refractivity contribution in [2.75, 3.05) is 19.0 Å². The van der Waals surface area contributed by atoms with Gasteiger partial charge in [0.05, 0.1) is 35.4 Å². The zero-order valence-electron chi connectivity index (χ0n) is 23.9. The minimum Gasteiger partial charge on any atom is -0.465 e. The van der Waals surface area contributed by atoms with Crippen LogP contribution in [-0.4, -0.2) is 32.1 Å². The number of esters is 1. The lowest BCUT2D eigenvalue weighted by Gasteiger charge is -2.26. The van der Waals surface area contributed by atoms with Crippen molar-refractivity contribution in [3.8, 4) is 6.07 Å². The van der Waals surface area contributed by atoms with Crippen LogP contribution in [0.25, 0.3) is 0 Å². The summed E-state index contributed by atoms with van der Waals surface area (Å²) >= 11 is 11.3. The Bertz CT molecular complexity index is 1440. The number of carbonyl (C=O) groups excluding carboxylic acids is 2. The molecule has 12 heteroatoms. The maximum absolute atomic E-state index is 14.2. The maximum Gasteiger partial charge on any atom is 0.340 e. The molecule has 3 aromatic rings. The third-order valence-electron chi connectivity index (χ3n) is 6.29. The van der Waals surface area contributed by atoms with Crippen LogP contribution in [0.1, 0.15) is 49.0 Å². The number of carbonyl (C=O) groups is 2. The van der Waals surface area contributed by atoms with Gasteiger partial charge in [0, 0.05) is 29.6 Å². The Kier molecular flexibility index (Phi) is 13.4. The van der Waals surface area contributed by atoms with Gasteiger partial charge in [0.2, 0.25) is 6.41 Å². The molecule has 3 aromatic carbocycles. The van der Waals surface area contributed by atoms with E-state index in [1.54, 1.807) is 24.3 Å². The average molecular weight is 641 g/mol. The van der Waals surface area contributed by atoms with Gasteiger partial charge in [-0.3, -0.25) is 4.79 Å². The molecule has 1 aliphatic rings. The summed E-state index contributed by atoms with van der Waals surface area (Å²) in [5.41, 5.74) is -0.177. The molecule has 0 bridgehead atoms. The Morgan fingerprint density at radius 3 is 2.30 bits per heavy atom. The molecule has 0 radical (unpaired) electrons. The van der Waals surface area contributed by atoms with Crippen LogP contribution in [0.3, 0.4) is 0 Å². The number of methoxy groups -OCH3 is 1. The van der Waals surface area contributed by atoms with Crippen molar-refractivity contribution in [3.05, 3.63) is 99.0 Å². The van der Waals surface area contributed by atoms with Gasteiger partial charge >= 0.3 is 5.97 Å². The third kappa shape index (κ3) is 10.5. The van der Waals surface area contributed by atoms with Crippen molar-refractivity contribution in [1.82, 2.24) is 5.32 Å². The zero-order valence-corrected chi connectivity index (χ0v) is 25.4. The predicted octanol–water partition coefficient (Wildman–Crippen LogP) is 7.91. The summed E-state index contributed by atoms with van der Waals surface area (Å²) in [6, 6.07) is 14.7. The van der Waals surface area contributed by atoms with Gasteiger partial charge in [0.15, 0.2) is 0 Å². The summed E-state index contributed by atoms with van der Waals surface area (Å²) in [6.45, 7) is 7.07. The first kappa shape index (κ1) is 35.5. The number of benzene rings is 3. The number of hydrogen-bond acceptors (Lipinski definition) is 5. The fourth-order valence-corrected chi connectivity index (χ4v) is 4.77. The third-order valence-corrected chi connectivity index (χ3v) is 6.82. The van der Waals surface area contributed by atoms with Gasteiger partial charge in [0.1, 0.15) is 23.3 Å². The molecule has 43 heavy (non-hydrogen) atoms. The second-order valence-corrected chi connectivity index (χ2v) is 11.5. The Balaban J connectivity index is 0.000000246. The Labute approximate surface area is 257 Å². The highest BCUT2D eigenvalue weighted by Gasteiger charge is 2.39. The molecular formula is C31H31Cl2F4N3O3. The Morgan fingerprint density at radius 1 is 1.09 bits per heavy atom. The lowest BCUT2D eigenvalue weighted by atomic mass is 9.79. The largest absolute Gasteiger partial charge is 0.465 e. The quantitative estimate of drug-likeness (QED) is 0.168. The number of amides is 1. The topological polar surface area (TPSA) is 91.2 Å². The number of hydrogen-bond donors (Lipinski definition) is 2. The summed E-state index contributed by atoms with van der Waals surface area (Å²) in [5, 5.41) is 15.4. The first-order valence-electron chi connectivity index (χ1n) is 13.0. The molecule has 1 saturated heterocycles. The van der Waals surface area contributed by atoms with Gasteiger partial charge in [-0.15, -0.1) is 0 Å². The van der Waals surface area contributed by atoms with E-state index in [2.05, 4.69) is 36.9 Å². The summed E-state index contributed by atoms with van der Waals surface area (Å²) in [6.07, 6.45) is 1.10. The highest BCUT2D eigenvalue weighted by Crippen LogP contribution is 2.38. The fraction of sp³-hybridized carbons (Fsp3) is 0.323. The van der Waals surface area contributed by atoms with Crippen LogP contribution in [-0.2, 0) is 9.53 Å². The van der Waals surface area contributed by atoms with Gasteiger partial charge < -0.3 is 15.4 Å². The molecule has 1 heterocycles. The van der Waals surface area contributed by atoms with Gasteiger partial charge in [-0.05, 0) is 47.7 Å². The van der Waals surface area contributed by atoms with E-state index in [0.717, 1.165) is 13.5 Å². The molecule has 3 unspecified atom stereocenters. The van der Waals surface area contributed by atoms with E-state index in [1.165, 1.54) is 18.2 Å². The van der Waals surface area contributed by atoms with Crippen molar-refractivity contribution in [2.45, 2.75) is 39.2 Å². The smallest absolute Gasteiger partial charge is 0.340 e. The average Bonchev–Trinajstić information content (AvgIpc) is 3.33. The summed E-state index contributed by atoms with van der Waals surface area (Å²) in [4.78, 5) is 21.0. The standard InChI is InChI=1S/C16H20ClFN2.C9H7F2NO3.C6H4ClF/c1-16(2,3)7-14-11(8-19)12(9-20-14)10-5-4-6-13(17)15(10)18;1-15-9(14)5-2-7(11)8(12-4-13)3-6(5)10;7-5-2-1-3-6(8)4-5/h4-6,11-12,14,20H,7,9H2,1-3H3;2-4H,1H3,(H,12,13);1-4H.